The van der Waals surface area contributed by atoms with Gasteiger partial charge in [-0.3, -0.25) is 4.79 Å². The Kier molecular flexibility index (Phi) is 4.97. The van der Waals surface area contributed by atoms with E-state index in [1.165, 1.54) is 13.2 Å². The summed E-state index contributed by atoms with van der Waals surface area (Å²) in [6, 6.07) is 11.4. The Labute approximate surface area is 153 Å². The molecule has 0 aliphatic carbocycles. The lowest BCUT2D eigenvalue weighted by Crippen LogP contribution is -2.27. The van der Waals surface area contributed by atoms with Crippen molar-refractivity contribution in [3.63, 3.8) is 0 Å². The Hall–Kier alpha value is -2.50. The van der Waals surface area contributed by atoms with Crippen molar-refractivity contribution in [1.82, 2.24) is 5.32 Å². The molecular formula is C18H13Cl2NO4. The van der Waals surface area contributed by atoms with E-state index in [0.717, 1.165) is 0 Å². The lowest BCUT2D eigenvalue weighted by molar-refractivity contribution is 0.0947. The quantitative estimate of drug-likeness (QED) is 0.696. The van der Waals surface area contributed by atoms with Crippen LogP contribution in [-0.4, -0.2) is 13.0 Å². The first-order valence-electron chi connectivity index (χ1n) is 7.32. The third kappa shape index (κ3) is 3.78. The van der Waals surface area contributed by atoms with Gasteiger partial charge in [0.2, 0.25) is 0 Å². The van der Waals surface area contributed by atoms with Crippen LogP contribution in [0.5, 0.6) is 5.75 Å². The summed E-state index contributed by atoms with van der Waals surface area (Å²) in [5.74, 6) is 0.0464. The number of carbonyl (C=O) groups is 1. The van der Waals surface area contributed by atoms with Crippen LogP contribution in [-0.2, 0) is 6.54 Å². The van der Waals surface area contributed by atoms with E-state index >= 15 is 0 Å². The molecule has 1 heterocycles. The van der Waals surface area contributed by atoms with Gasteiger partial charge < -0.3 is 14.5 Å². The Morgan fingerprint density at radius 2 is 1.96 bits per heavy atom. The number of nitrogens with one attached hydrogen (secondary N) is 1. The van der Waals surface area contributed by atoms with Crippen molar-refractivity contribution in [1.29, 1.82) is 0 Å². The minimum atomic E-state index is -0.711. The molecule has 5 nitrogen and oxygen atoms in total. The normalized spacial score (nSPS) is 10.7. The fourth-order valence-electron chi connectivity index (χ4n) is 2.32. The van der Waals surface area contributed by atoms with E-state index in [2.05, 4.69) is 5.32 Å². The van der Waals surface area contributed by atoms with Gasteiger partial charge in [-0.1, -0.05) is 29.3 Å². The van der Waals surface area contributed by atoms with Gasteiger partial charge in [0.25, 0.3) is 5.91 Å². The van der Waals surface area contributed by atoms with Crippen LogP contribution in [0.15, 0.2) is 51.7 Å². The van der Waals surface area contributed by atoms with E-state index in [9.17, 15) is 9.59 Å². The number of methoxy groups -OCH3 is 1. The number of rotatable bonds is 4. The number of benzene rings is 2. The Morgan fingerprint density at radius 3 is 2.68 bits per heavy atom. The van der Waals surface area contributed by atoms with Gasteiger partial charge >= 0.3 is 5.63 Å². The van der Waals surface area contributed by atoms with Crippen LogP contribution < -0.4 is 15.7 Å². The molecule has 7 heteroatoms. The molecule has 0 unspecified atom stereocenters. The Bertz CT molecular complexity index is 1010. The Balaban J connectivity index is 1.86. The predicted octanol–water partition coefficient (Wildman–Crippen LogP) is 4.04. The maximum absolute atomic E-state index is 12.3. The van der Waals surface area contributed by atoms with Crippen LogP contribution in [0.3, 0.4) is 0 Å². The summed E-state index contributed by atoms with van der Waals surface area (Å²) < 4.78 is 10.3. The van der Waals surface area contributed by atoms with Crippen molar-refractivity contribution >= 4 is 40.1 Å². The first kappa shape index (κ1) is 17.3. The van der Waals surface area contributed by atoms with E-state index in [1.807, 2.05) is 0 Å². The van der Waals surface area contributed by atoms with Crippen LogP contribution in [0.4, 0.5) is 0 Å². The molecule has 3 aromatic rings. The predicted molar refractivity (Wildman–Crippen MR) is 96.7 cm³/mol. The van der Waals surface area contributed by atoms with Crippen molar-refractivity contribution in [3.8, 4) is 5.75 Å². The lowest BCUT2D eigenvalue weighted by Gasteiger charge is -2.08. The molecule has 0 aliphatic rings. The second-order valence-electron chi connectivity index (χ2n) is 5.27. The summed E-state index contributed by atoms with van der Waals surface area (Å²) in [6.07, 6.45) is 0. The van der Waals surface area contributed by atoms with E-state index in [4.69, 9.17) is 32.4 Å². The van der Waals surface area contributed by atoms with Crippen molar-refractivity contribution < 1.29 is 13.9 Å². The van der Waals surface area contributed by atoms with Gasteiger partial charge in [0.05, 0.1) is 7.11 Å². The third-order valence-corrected chi connectivity index (χ3v) is 4.23. The molecule has 0 radical (unpaired) electrons. The van der Waals surface area contributed by atoms with Crippen LogP contribution in [0, 0.1) is 0 Å². The zero-order chi connectivity index (χ0) is 18.0. The zero-order valence-corrected chi connectivity index (χ0v) is 14.6. The molecule has 0 atom stereocenters. The summed E-state index contributed by atoms with van der Waals surface area (Å²) in [5, 5.41) is 4.18. The fourth-order valence-corrected chi connectivity index (χ4v) is 2.80. The highest BCUT2D eigenvalue weighted by atomic mass is 35.5. The van der Waals surface area contributed by atoms with Gasteiger partial charge in [0, 0.05) is 22.0 Å². The summed E-state index contributed by atoms with van der Waals surface area (Å²) in [5.41, 5.74) is 0.262. The molecule has 0 saturated carbocycles. The highest BCUT2D eigenvalue weighted by molar-refractivity contribution is 6.35. The highest BCUT2D eigenvalue weighted by Crippen LogP contribution is 2.22. The molecule has 2 aromatic carbocycles. The van der Waals surface area contributed by atoms with Gasteiger partial charge in [0.1, 0.15) is 16.9 Å². The largest absolute Gasteiger partial charge is 0.497 e. The summed E-state index contributed by atoms with van der Waals surface area (Å²) in [6.45, 7) is 0.157. The minimum Gasteiger partial charge on any atom is -0.497 e. The topological polar surface area (TPSA) is 68.5 Å². The summed E-state index contributed by atoms with van der Waals surface area (Å²) >= 11 is 11.9. The second-order valence-corrected chi connectivity index (χ2v) is 6.11. The molecule has 128 valence electrons. The third-order valence-electron chi connectivity index (χ3n) is 3.64. The minimum absolute atomic E-state index is 0.0918. The monoisotopic (exact) mass is 377 g/mol. The van der Waals surface area contributed by atoms with Crippen molar-refractivity contribution in [2.45, 2.75) is 6.54 Å². The number of halogens is 2. The SMILES string of the molecule is COc1ccc2oc(=O)c(C(=O)NCc3ccc(Cl)cc3Cl)cc2c1. The molecule has 0 saturated heterocycles. The molecule has 1 N–H and O–H groups in total. The number of ether oxygens (including phenoxy) is 1. The van der Waals surface area contributed by atoms with E-state index in [0.29, 0.717) is 32.3 Å². The lowest BCUT2D eigenvalue weighted by atomic mass is 10.1. The fraction of sp³-hybridized carbons (Fsp3) is 0.111. The molecule has 3 rings (SSSR count). The molecule has 0 fully saturated rings. The van der Waals surface area contributed by atoms with E-state index < -0.39 is 11.5 Å². The molecular weight excluding hydrogens is 365 g/mol. The molecule has 25 heavy (non-hydrogen) atoms. The van der Waals surface area contributed by atoms with Gasteiger partial charge in [-0.2, -0.15) is 0 Å². The van der Waals surface area contributed by atoms with Gasteiger partial charge in [-0.05, 0) is 42.0 Å². The molecule has 0 aliphatic heterocycles. The van der Waals surface area contributed by atoms with Gasteiger partial charge in [0.15, 0.2) is 0 Å². The average Bonchev–Trinajstić information content (AvgIpc) is 2.59. The average molecular weight is 378 g/mol. The Morgan fingerprint density at radius 1 is 1.16 bits per heavy atom. The van der Waals surface area contributed by atoms with Crippen LogP contribution in [0.1, 0.15) is 15.9 Å². The van der Waals surface area contributed by atoms with E-state index in [-0.39, 0.29) is 12.1 Å². The molecule has 0 spiro atoms. The molecule has 1 amide bonds. The number of hydrogen-bond donors (Lipinski definition) is 1. The van der Waals surface area contributed by atoms with Crippen molar-refractivity contribution in [2.24, 2.45) is 0 Å². The van der Waals surface area contributed by atoms with Crippen LogP contribution >= 0.6 is 23.2 Å². The maximum Gasteiger partial charge on any atom is 0.349 e. The smallest absolute Gasteiger partial charge is 0.349 e. The van der Waals surface area contributed by atoms with Gasteiger partial charge in [-0.25, -0.2) is 4.79 Å². The summed E-state index contributed by atoms with van der Waals surface area (Å²) in [7, 11) is 1.53. The summed E-state index contributed by atoms with van der Waals surface area (Å²) in [4.78, 5) is 24.4. The number of amides is 1. The molecule has 1 aromatic heterocycles. The van der Waals surface area contributed by atoms with Crippen molar-refractivity contribution in [3.05, 3.63) is 74.1 Å². The van der Waals surface area contributed by atoms with E-state index in [1.54, 1.807) is 36.4 Å². The van der Waals surface area contributed by atoms with Crippen LogP contribution in [0.2, 0.25) is 10.0 Å². The first-order valence-corrected chi connectivity index (χ1v) is 8.07. The van der Waals surface area contributed by atoms with Gasteiger partial charge in [-0.15, -0.1) is 0 Å². The standard InChI is InChI=1S/C18H13Cl2NO4/c1-24-13-4-5-16-11(6-13)7-14(18(23)25-16)17(22)21-9-10-2-3-12(19)8-15(10)20/h2-8H,9H2,1H3,(H,21,22). The molecule has 0 bridgehead atoms. The van der Waals surface area contributed by atoms with Crippen LogP contribution in [0.25, 0.3) is 11.0 Å². The first-order chi connectivity index (χ1) is 12.0. The van der Waals surface area contributed by atoms with Crippen molar-refractivity contribution in [2.75, 3.05) is 7.11 Å². The number of carbonyl (C=O) groups excluding carboxylic acids is 1. The number of hydrogen-bond acceptors (Lipinski definition) is 4. The maximum atomic E-state index is 12.3. The highest BCUT2D eigenvalue weighted by Gasteiger charge is 2.14. The number of fused-ring (bicyclic) bond motifs is 1. The second kappa shape index (κ2) is 7.17. The zero-order valence-electron chi connectivity index (χ0n) is 13.1.